The Morgan fingerprint density at radius 3 is 2.09 bits per heavy atom. The van der Waals surface area contributed by atoms with Gasteiger partial charge in [0.25, 0.3) is 5.56 Å². The van der Waals surface area contributed by atoms with Crippen molar-refractivity contribution >= 4 is 10.1 Å². The van der Waals surface area contributed by atoms with Crippen LogP contribution in [0.25, 0.3) is 0 Å². The number of rotatable bonds is 4. The van der Waals surface area contributed by atoms with Gasteiger partial charge in [-0.1, -0.05) is 0 Å². The highest BCUT2D eigenvalue weighted by atomic mass is 32.2. The number of methoxy groups -OCH3 is 1. The Kier molecular flexibility index (Phi) is 4.09. The van der Waals surface area contributed by atoms with Crippen LogP contribution >= 0.6 is 0 Å². The maximum absolute atomic E-state index is 12.2. The molecular weight excluding hydrogens is 312 g/mol. The van der Waals surface area contributed by atoms with Gasteiger partial charge in [-0.05, 0) is 24.3 Å². The summed E-state index contributed by atoms with van der Waals surface area (Å²) in [5.41, 5.74) is -1.58. The van der Waals surface area contributed by atoms with Crippen LogP contribution in [0.15, 0.2) is 44.9 Å². The van der Waals surface area contributed by atoms with Gasteiger partial charge >= 0.3 is 15.8 Å². The molecule has 22 heavy (non-hydrogen) atoms. The fraction of sp³-hybridized carbons (Fsp3) is 0.231. The fourth-order valence-corrected chi connectivity index (χ4v) is 2.84. The molecule has 1 heterocycles. The lowest BCUT2D eigenvalue weighted by atomic mass is 10.3. The highest BCUT2D eigenvalue weighted by Gasteiger charge is 2.23. The predicted octanol–water partition coefficient (Wildman–Crippen LogP) is -0.140. The zero-order valence-corrected chi connectivity index (χ0v) is 13.0. The maximum Gasteiger partial charge on any atom is 0.346 e. The average Bonchev–Trinajstić information content (AvgIpc) is 2.49. The third-order valence-corrected chi connectivity index (χ3v) is 4.18. The molecule has 0 amide bonds. The van der Waals surface area contributed by atoms with E-state index in [2.05, 4.69) is 0 Å². The van der Waals surface area contributed by atoms with Crippen LogP contribution in [-0.2, 0) is 24.2 Å². The lowest BCUT2D eigenvalue weighted by Crippen LogP contribution is -2.39. The largest absolute Gasteiger partial charge is 0.497 e. The van der Waals surface area contributed by atoms with Crippen LogP contribution in [-0.4, -0.2) is 24.7 Å². The molecule has 1 aromatic heterocycles. The van der Waals surface area contributed by atoms with Crippen LogP contribution in [0.5, 0.6) is 11.5 Å². The molecule has 9 heteroatoms. The van der Waals surface area contributed by atoms with Crippen molar-refractivity contribution in [2.45, 2.75) is 4.90 Å². The first-order chi connectivity index (χ1) is 10.3. The van der Waals surface area contributed by atoms with E-state index in [-0.39, 0.29) is 5.75 Å². The first kappa shape index (κ1) is 15.8. The molecule has 0 saturated heterocycles. The monoisotopic (exact) mass is 326 g/mol. The van der Waals surface area contributed by atoms with Gasteiger partial charge in [0.05, 0.1) is 7.11 Å². The molecule has 0 aliphatic carbocycles. The molecule has 0 N–H and O–H groups in total. The summed E-state index contributed by atoms with van der Waals surface area (Å²) in [6.07, 6.45) is 0.934. The van der Waals surface area contributed by atoms with Gasteiger partial charge in [0.2, 0.25) is 0 Å². The summed E-state index contributed by atoms with van der Waals surface area (Å²) in [7, 11) is -0.353. The van der Waals surface area contributed by atoms with Crippen molar-refractivity contribution in [2.24, 2.45) is 14.1 Å². The first-order valence-electron chi connectivity index (χ1n) is 6.11. The van der Waals surface area contributed by atoms with Gasteiger partial charge in [-0.3, -0.25) is 9.36 Å². The minimum atomic E-state index is -4.36. The molecule has 2 aromatic rings. The van der Waals surface area contributed by atoms with E-state index in [9.17, 15) is 18.0 Å². The second-order valence-corrected chi connectivity index (χ2v) is 5.98. The molecule has 0 aliphatic heterocycles. The molecule has 0 fully saturated rings. The van der Waals surface area contributed by atoms with Crippen LogP contribution in [0.2, 0.25) is 0 Å². The van der Waals surface area contributed by atoms with Crippen LogP contribution in [0, 0.1) is 0 Å². The molecule has 0 radical (unpaired) electrons. The summed E-state index contributed by atoms with van der Waals surface area (Å²) in [5.74, 6) is 0.555. The van der Waals surface area contributed by atoms with Crippen molar-refractivity contribution in [1.29, 1.82) is 0 Å². The Balaban J connectivity index is 2.47. The highest BCUT2D eigenvalue weighted by Crippen LogP contribution is 2.20. The topological polar surface area (TPSA) is 96.6 Å². The second-order valence-electron chi connectivity index (χ2n) is 4.46. The number of hydrogen-bond acceptors (Lipinski definition) is 6. The number of hydrogen-bond donors (Lipinski definition) is 0. The SMILES string of the molecule is COc1ccc(OS(=O)(=O)c2cn(C)c(=O)n(C)c2=O)cc1. The van der Waals surface area contributed by atoms with Crippen LogP contribution in [0.4, 0.5) is 0 Å². The van der Waals surface area contributed by atoms with Crippen LogP contribution in [0.3, 0.4) is 0 Å². The Bertz CT molecular complexity index is 909. The van der Waals surface area contributed by atoms with E-state index in [0.717, 1.165) is 10.8 Å². The zero-order valence-electron chi connectivity index (χ0n) is 12.1. The van der Waals surface area contributed by atoms with Gasteiger partial charge < -0.3 is 13.5 Å². The maximum atomic E-state index is 12.2. The Hall–Kier alpha value is -2.55. The van der Waals surface area contributed by atoms with Crippen molar-refractivity contribution in [3.05, 3.63) is 51.3 Å². The van der Waals surface area contributed by atoms with Gasteiger partial charge in [0.15, 0.2) is 4.90 Å². The highest BCUT2D eigenvalue weighted by molar-refractivity contribution is 7.87. The molecule has 0 spiro atoms. The van der Waals surface area contributed by atoms with Crippen molar-refractivity contribution in [3.8, 4) is 11.5 Å². The van der Waals surface area contributed by atoms with E-state index in [1.54, 1.807) is 0 Å². The number of aryl methyl sites for hydroxylation is 1. The fourth-order valence-electron chi connectivity index (χ4n) is 1.75. The molecule has 0 aliphatic rings. The van der Waals surface area contributed by atoms with Crippen molar-refractivity contribution in [3.63, 3.8) is 0 Å². The van der Waals surface area contributed by atoms with Gasteiger partial charge in [0.1, 0.15) is 11.5 Å². The molecule has 2 rings (SSSR count). The predicted molar refractivity (Wildman–Crippen MR) is 77.7 cm³/mol. The van der Waals surface area contributed by atoms with E-state index in [1.165, 1.54) is 45.5 Å². The summed E-state index contributed by atoms with van der Waals surface area (Å²) in [6, 6.07) is 5.82. The third-order valence-electron chi connectivity index (χ3n) is 2.95. The van der Waals surface area contributed by atoms with E-state index in [4.69, 9.17) is 8.92 Å². The summed E-state index contributed by atoms with van der Waals surface area (Å²) < 4.78 is 36.0. The van der Waals surface area contributed by atoms with E-state index in [0.29, 0.717) is 10.3 Å². The molecule has 8 nitrogen and oxygen atoms in total. The Morgan fingerprint density at radius 2 is 1.55 bits per heavy atom. The van der Waals surface area contributed by atoms with Gasteiger partial charge in [0, 0.05) is 20.3 Å². The molecule has 0 saturated carbocycles. The lowest BCUT2D eigenvalue weighted by Gasteiger charge is -2.09. The van der Waals surface area contributed by atoms with Gasteiger partial charge in [-0.25, -0.2) is 4.79 Å². The Morgan fingerprint density at radius 1 is 1.00 bits per heavy atom. The van der Waals surface area contributed by atoms with E-state index >= 15 is 0 Å². The normalized spacial score (nSPS) is 11.2. The number of nitrogens with zero attached hydrogens (tertiary/aromatic N) is 2. The number of benzene rings is 1. The average molecular weight is 326 g/mol. The Labute approximate surface area is 126 Å². The van der Waals surface area contributed by atoms with Gasteiger partial charge in [-0.15, -0.1) is 0 Å². The molecular formula is C13H14N2O6S. The van der Waals surface area contributed by atoms with Crippen LogP contribution in [0.1, 0.15) is 0 Å². The summed E-state index contributed by atoms with van der Waals surface area (Å²) in [5, 5.41) is 0. The molecule has 1 aromatic carbocycles. The van der Waals surface area contributed by atoms with Crippen molar-refractivity contribution in [1.82, 2.24) is 9.13 Å². The van der Waals surface area contributed by atoms with Crippen LogP contribution < -0.4 is 20.2 Å². The quantitative estimate of drug-likeness (QED) is 0.726. The molecule has 0 atom stereocenters. The summed E-state index contributed by atoms with van der Waals surface area (Å²) >= 11 is 0. The zero-order chi connectivity index (χ0) is 16.5. The van der Waals surface area contributed by atoms with E-state index in [1.807, 2.05) is 0 Å². The number of ether oxygens (including phenoxy) is 1. The smallest absolute Gasteiger partial charge is 0.346 e. The summed E-state index contributed by atoms with van der Waals surface area (Å²) in [6.45, 7) is 0. The lowest BCUT2D eigenvalue weighted by molar-refractivity contribution is 0.413. The number of aromatic nitrogens is 2. The molecule has 0 bridgehead atoms. The first-order valence-corrected chi connectivity index (χ1v) is 7.52. The molecule has 0 unspecified atom stereocenters. The minimum absolute atomic E-state index is 0.0247. The third kappa shape index (κ3) is 2.89. The summed E-state index contributed by atoms with van der Waals surface area (Å²) in [4.78, 5) is 22.9. The van der Waals surface area contributed by atoms with Gasteiger partial charge in [-0.2, -0.15) is 8.42 Å². The molecule has 118 valence electrons. The van der Waals surface area contributed by atoms with E-state index < -0.39 is 26.3 Å². The second kappa shape index (κ2) is 5.68. The van der Waals surface area contributed by atoms with Crippen molar-refractivity contribution in [2.75, 3.05) is 7.11 Å². The standard InChI is InChI=1S/C13H14N2O6S/c1-14-8-11(12(16)15(2)13(14)17)22(18,19)21-10-6-4-9(20-3)5-7-10/h4-8H,1-3H3. The minimum Gasteiger partial charge on any atom is -0.497 e. The van der Waals surface area contributed by atoms with Crippen molar-refractivity contribution < 1.29 is 17.3 Å².